The van der Waals surface area contributed by atoms with Crippen molar-refractivity contribution >= 4 is 22.6 Å². The quantitative estimate of drug-likeness (QED) is 0.666. The zero-order valence-corrected chi connectivity index (χ0v) is 9.41. The van der Waals surface area contributed by atoms with Gasteiger partial charge in [0.15, 0.2) is 0 Å². The van der Waals surface area contributed by atoms with E-state index in [0.717, 1.165) is 13.0 Å². The van der Waals surface area contributed by atoms with E-state index in [2.05, 4.69) is 53.8 Å². The van der Waals surface area contributed by atoms with Gasteiger partial charge in [-0.2, -0.15) is 0 Å². The summed E-state index contributed by atoms with van der Waals surface area (Å²) in [6, 6.07) is 8.69. The summed E-state index contributed by atoms with van der Waals surface area (Å²) in [5.41, 5.74) is 8.17. The van der Waals surface area contributed by atoms with Crippen LogP contribution in [0.15, 0.2) is 24.3 Å². The van der Waals surface area contributed by atoms with Gasteiger partial charge in [-0.25, -0.2) is 0 Å². The summed E-state index contributed by atoms with van der Waals surface area (Å²) in [6.07, 6.45) is 0.982. The first-order valence-electron chi connectivity index (χ1n) is 4.17. The van der Waals surface area contributed by atoms with E-state index in [-0.39, 0.29) is 0 Å². The zero-order valence-electron chi connectivity index (χ0n) is 7.26. The molecule has 0 spiro atoms. The van der Waals surface area contributed by atoms with Gasteiger partial charge >= 0.3 is 0 Å². The monoisotopic (exact) mass is 275 g/mol. The van der Waals surface area contributed by atoms with Gasteiger partial charge in [0.25, 0.3) is 0 Å². The van der Waals surface area contributed by atoms with Gasteiger partial charge in [-0.1, -0.05) is 46.9 Å². The molecule has 0 saturated carbocycles. The Kier molecular flexibility index (Phi) is 4.01. The molecule has 0 amide bonds. The third-order valence-electron chi connectivity index (χ3n) is 1.87. The van der Waals surface area contributed by atoms with Gasteiger partial charge < -0.3 is 5.73 Å². The second-order valence-corrected chi connectivity index (χ2v) is 4.76. The highest BCUT2D eigenvalue weighted by molar-refractivity contribution is 14.1. The molecule has 66 valence electrons. The van der Waals surface area contributed by atoms with Crippen LogP contribution in [0.4, 0.5) is 0 Å². The lowest BCUT2D eigenvalue weighted by Gasteiger charge is -2.04. The van der Waals surface area contributed by atoms with Crippen molar-refractivity contribution in [1.29, 1.82) is 0 Å². The molecule has 0 aromatic heterocycles. The number of benzene rings is 1. The largest absolute Gasteiger partial charge is 0.330 e. The summed E-state index contributed by atoms with van der Waals surface area (Å²) in [7, 11) is 0. The molecule has 1 nitrogen and oxygen atoms in total. The molecule has 0 saturated heterocycles. The van der Waals surface area contributed by atoms with Gasteiger partial charge in [0.1, 0.15) is 0 Å². The fraction of sp³-hybridized carbons (Fsp3) is 0.400. The van der Waals surface area contributed by atoms with Crippen LogP contribution in [0.2, 0.25) is 0 Å². The van der Waals surface area contributed by atoms with Crippen LogP contribution < -0.4 is 5.73 Å². The van der Waals surface area contributed by atoms with E-state index in [4.69, 9.17) is 5.73 Å². The van der Waals surface area contributed by atoms with Crippen LogP contribution in [0.1, 0.15) is 22.0 Å². The lowest BCUT2D eigenvalue weighted by atomic mass is 10.1. The van der Waals surface area contributed by atoms with Crippen molar-refractivity contribution in [1.82, 2.24) is 0 Å². The van der Waals surface area contributed by atoms with Crippen molar-refractivity contribution in [2.45, 2.75) is 17.3 Å². The zero-order chi connectivity index (χ0) is 8.97. The Bertz CT molecular complexity index is 228. The molecule has 0 aliphatic rings. The molecule has 1 aromatic carbocycles. The number of halogens is 1. The fourth-order valence-corrected chi connectivity index (χ4v) is 1.53. The van der Waals surface area contributed by atoms with Gasteiger partial charge in [-0.05, 0) is 31.0 Å². The molecule has 0 fully saturated rings. The maximum absolute atomic E-state index is 5.46. The summed E-state index contributed by atoms with van der Waals surface area (Å²) in [5.74, 6) is 0. The Balaban J connectivity index is 2.71. The Morgan fingerprint density at radius 1 is 1.33 bits per heavy atom. The van der Waals surface area contributed by atoms with Gasteiger partial charge in [0.05, 0.1) is 0 Å². The third kappa shape index (κ3) is 2.75. The number of alkyl halides is 1. The van der Waals surface area contributed by atoms with E-state index in [1.54, 1.807) is 0 Å². The van der Waals surface area contributed by atoms with E-state index in [1.165, 1.54) is 11.1 Å². The summed E-state index contributed by atoms with van der Waals surface area (Å²) in [5, 5.41) is 0. The lowest BCUT2D eigenvalue weighted by molar-refractivity contribution is 0.966. The van der Waals surface area contributed by atoms with Crippen LogP contribution in [0.3, 0.4) is 0 Å². The average molecular weight is 275 g/mol. The lowest BCUT2D eigenvalue weighted by Crippen LogP contribution is -2.02. The SMILES string of the molecule is C[C@@H](I)c1ccc(CCN)cc1. The van der Waals surface area contributed by atoms with E-state index in [0.29, 0.717) is 3.92 Å². The number of hydrogen-bond donors (Lipinski definition) is 1. The number of rotatable bonds is 3. The predicted molar refractivity (Wildman–Crippen MR) is 61.6 cm³/mol. The number of nitrogens with two attached hydrogens (primary N) is 1. The van der Waals surface area contributed by atoms with Crippen molar-refractivity contribution in [3.63, 3.8) is 0 Å². The molecule has 0 bridgehead atoms. The van der Waals surface area contributed by atoms with Crippen LogP contribution in [-0.2, 0) is 6.42 Å². The predicted octanol–water partition coefficient (Wildman–Crippen LogP) is 2.68. The molecule has 1 atom stereocenters. The third-order valence-corrected chi connectivity index (χ3v) is 2.59. The highest BCUT2D eigenvalue weighted by atomic mass is 127. The minimum atomic E-state index is 0.592. The minimum Gasteiger partial charge on any atom is -0.330 e. The van der Waals surface area contributed by atoms with Crippen molar-refractivity contribution < 1.29 is 0 Å². The maximum Gasteiger partial charge on any atom is 0.0331 e. The van der Waals surface area contributed by atoms with Crippen LogP contribution in [0.25, 0.3) is 0 Å². The molecular formula is C10H14IN. The van der Waals surface area contributed by atoms with Gasteiger partial charge in [-0.3, -0.25) is 0 Å². The first-order valence-corrected chi connectivity index (χ1v) is 5.41. The molecule has 0 aliphatic carbocycles. The van der Waals surface area contributed by atoms with Gasteiger partial charge in [0.2, 0.25) is 0 Å². The second-order valence-electron chi connectivity index (χ2n) is 2.90. The van der Waals surface area contributed by atoms with Crippen molar-refractivity contribution in [2.75, 3.05) is 6.54 Å². The van der Waals surface area contributed by atoms with Gasteiger partial charge in [0, 0.05) is 3.92 Å². The Morgan fingerprint density at radius 3 is 2.33 bits per heavy atom. The topological polar surface area (TPSA) is 26.0 Å². The molecule has 2 heteroatoms. The van der Waals surface area contributed by atoms with Crippen molar-refractivity contribution in [3.05, 3.63) is 35.4 Å². The first-order chi connectivity index (χ1) is 5.74. The normalized spacial score (nSPS) is 12.9. The minimum absolute atomic E-state index is 0.592. The van der Waals surface area contributed by atoms with E-state index < -0.39 is 0 Å². The Morgan fingerprint density at radius 2 is 1.92 bits per heavy atom. The molecule has 1 rings (SSSR count). The molecular weight excluding hydrogens is 261 g/mol. The smallest absolute Gasteiger partial charge is 0.0331 e. The molecule has 0 heterocycles. The second kappa shape index (κ2) is 4.82. The number of hydrogen-bond acceptors (Lipinski definition) is 1. The Labute approximate surface area is 87.5 Å². The highest BCUT2D eigenvalue weighted by Gasteiger charge is 1.98. The van der Waals surface area contributed by atoms with Crippen LogP contribution in [0.5, 0.6) is 0 Å². The molecule has 12 heavy (non-hydrogen) atoms. The molecule has 0 unspecified atom stereocenters. The van der Waals surface area contributed by atoms with Crippen LogP contribution in [-0.4, -0.2) is 6.54 Å². The molecule has 1 aromatic rings. The van der Waals surface area contributed by atoms with Crippen molar-refractivity contribution in [2.24, 2.45) is 5.73 Å². The highest BCUT2D eigenvalue weighted by Crippen LogP contribution is 2.22. The molecule has 0 radical (unpaired) electrons. The summed E-state index contributed by atoms with van der Waals surface area (Å²) >= 11 is 2.42. The molecule has 2 N–H and O–H groups in total. The maximum atomic E-state index is 5.46. The van der Waals surface area contributed by atoms with Crippen LogP contribution >= 0.6 is 22.6 Å². The fourth-order valence-electron chi connectivity index (χ4n) is 1.12. The summed E-state index contributed by atoms with van der Waals surface area (Å²) in [4.78, 5) is 0. The average Bonchev–Trinajstić information content (AvgIpc) is 2.06. The Hall–Kier alpha value is -0.0900. The van der Waals surface area contributed by atoms with E-state index in [9.17, 15) is 0 Å². The van der Waals surface area contributed by atoms with E-state index >= 15 is 0 Å². The first kappa shape index (κ1) is 9.99. The van der Waals surface area contributed by atoms with Gasteiger partial charge in [-0.15, -0.1) is 0 Å². The standard InChI is InChI=1S/C10H14IN/c1-8(11)10-4-2-9(3-5-10)6-7-12/h2-5,8H,6-7,12H2,1H3/t8-/m1/s1. The molecule has 0 aliphatic heterocycles. The van der Waals surface area contributed by atoms with E-state index in [1.807, 2.05) is 0 Å². The van der Waals surface area contributed by atoms with Crippen LogP contribution in [0, 0.1) is 0 Å². The summed E-state index contributed by atoms with van der Waals surface area (Å²) < 4.78 is 0.592. The summed E-state index contributed by atoms with van der Waals surface area (Å²) in [6.45, 7) is 2.93. The van der Waals surface area contributed by atoms with Crippen molar-refractivity contribution in [3.8, 4) is 0 Å².